The summed E-state index contributed by atoms with van der Waals surface area (Å²) >= 11 is 0. The molecule has 2 aromatic heterocycles. The van der Waals surface area contributed by atoms with E-state index in [1.54, 1.807) is 0 Å². The van der Waals surface area contributed by atoms with E-state index in [0.717, 1.165) is 4.57 Å². The maximum absolute atomic E-state index is 12.3. The zero-order valence-electron chi connectivity index (χ0n) is 15.3. The Bertz CT molecular complexity index is 1200. The highest BCUT2D eigenvalue weighted by Crippen LogP contribution is 2.28. The highest BCUT2D eigenvalue weighted by Gasteiger charge is 2.35. The van der Waals surface area contributed by atoms with Gasteiger partial charge in [-0.15, -0.1) is 5.10 Å². The highest BCUT2D eigenvalue weighted by atomic mass is 16.6. The van der Waals surface area contributed by atoms with Crippen molar-refractivity contribution < 1.29 is 19.9 Å². The average Bonchev–Trinajstić information content (AvgIpc) is 3.35. The summed E-state index contributed by atoms with van der Waals surface area (Å²) in [5.74, 6) is 0. The standard InChI is InChI=1S/C17H16N6O7/c24-8-14-13(25)5-15(30-14)21-6-11(16(26)18-17(21)27)12-7-22(20-19-12)9-1-3-10(4-2-9)23(28)29/h1-4,6-7,13-15,24-25H,5,8H2,(H,18,26,27). The van der Waals surface area contributed by atoms with Crippen LogP contribution >= 0.6 is 0 Å². The molecule has 30 heavy (non-hydrogen) atoms. The molecule has 3 heterocycles. The number of hydrogen-bond donors (Lipinski definition) is 3. The van der Waals surface area contributed by atoms with E-state index in [1.165, 1.54) is 41.3 Å². The van der Waals surface area contributed by atoms with Gasteiger partial charge in [0.15, 0.2) is 0 Å². The van der Waals surface area contributed by atoms with Crippen LogP contribution in [0.1, 0.15) is 12.6 Å². The summed E-state index contributed by atoms with van der Waals surface area (Å²) in [5, 5.41) is 37.7. The Kier molecular flexibility index (Phi) is 4.99. The van der Waals surface area contributed by atoms with Crippen LogP contribution in [0.25, 0.3) is 16.9 Å². The molecule has 3 aromatic rings. The Labute approximate surface area is 166 Å². The van der Waals surface area contributed by atoms with Gasteiger partial charge < -0.3 is 14.9 Å². The first-order valence-corrected chi connectivity index (χ1v) is 8.85. The van der Waals surface area contributed by atoms with Gasteiger partial charge in [0.2, 0.25) is 0 Å². The van der Waals surface area contributed by atoms with E-state index in [4.69, 9.17) is 4.74 Å². The molecule has 0 bridgehead atoms. The minimum Gasteiger partial charge on any atom is -0.394 e. The van der Waals surface area contributed by atoms with Gasteiger partial charge in [-0.2, -0.15) is 0 Å². The fourth-order valence-corrected chi connectivity index (χ4v) is 3.17. The predicted molar refractivity (Wildman–Crippen MR) is 99.9 cm³/mol. The molecule has 1 saturated heterocycles. The van der Waals surface area contributed by atoms with E-state index in [2.05, 4.69) is 15.3 Å². The molecular formula is C17H16N6O7. The molecule has 13 heteroatoms. The van der Waals surface area contributed by atoms with Crippen LogP contribution in [0.3, 0.4) is 0 Å². The van der Waals surface area contributed by atoms with E-state index in [1.807, 2.05) is 0 Å². The van der Waals surface area contributed by atoms with Gasteiger partial charge in [0.25, 0.3) is 11.2 Å². The van der Waals surface area contributed by atoms with Gasteiger partial charge in [0.05, 0.1) is 35.1 Å². The number of aliphatic hydroxyl groups excluding tert-OH is 2. The number of aromatic amines is 1. The van der Waals surface area contributed by atoms with Crippen LogP contribution in [0, 0.1) is 10.1 Å². The van der Waals surface area contributed by atoms with Gasteiger partial charge in [-0.25, -0.2) is 9.48 Å². The zero-order valence-corrected chi connectivity index (χ0v) is 15.3. The summed E-state index contributed by atoms with van der Waals surface area (Å²) < 4.78 is 7.91. The fourth-order valence-electron chi connectivity index (χ4n) is 3.17. The Morgan fingerprint density at radius 1 is 1.27 bits per heavy atom. The first-order valence-electron chi connectivity index (χ1n) is 8.85. The number of aliphatic hydroxyl groups is 2. The number of benzene rings is 1. The second-order valence-corrected chi connectivity index (χ2v) is 6.65. The van der Waals surface area contributed by atoms with Gasteiger partial charge in [0.1, 0.15) is 18.0 Å². The van der Waals surface area contributed by atoms with Crippen molar-refractivity contribution in [3.8, 4) is 16.9 Å². The molecule has 0 saturated carbocycles. The number of nitrogens with one attached hydrogen (secondary N) is 1. The van der Waals surface area contributed by atoms with Crippen molar-refractivity contribution in [1.29, 1.82) is 0 Å². The lowest BCUT2D eigenvalue weighted by Gasteiger charge is -2.14. The van der Waals surface area contributed by atoms with Crippen LogP contribution in [0.2, 0.25) is 0 Å². The molecule has 0 spiro atoms. The minimum atomic E-state index is -0.953. The Balaban J connectivity index is 1.67. The third-order valence-corrected chi connectivity index (χ3v) is 4.76. The van der Waals surface area contributed by atoms with Crippen molar-refractivity contribution in [2.75, 3.05) is 6.61 Å². The van der Waals surface area contributed by atoms with Crippen LogP contribution in [0.5, 0.6) is 0 Å². The second-order valence-electron chi connectivity index (χ2n) is 6.65. The van der Waals surface area contributed by atoms with E-state index >= 15 is 0 Å². The SMILES string of the molecule is O=c1[nH]c(=O)n(C2CC(O)C(CO)O2)cc1-c1cn(-c2ccc([N+](=O)[O-])cc2)nn1. The molecule has 1 aliphatic rings. The summed E-state index contributed by atoms with van der Waals surface area (Å²) in [6.45, 7) is -0.411. The van der Waals surface area contributed by atoms with Gasteiger partial charge in [-0.1, -0.05) is 5.21 Å². The fraction of sp³-hybridized carbons (Fsp3) is 0.294. The number of ether oxygens (including phenoxy) is 1. The van der Waals surface area contributed by atoms with Gasteiger partial charge in [-0.05, 0) is 12.1 Å². The number of nitro benzene ring substituents is 1. The third kappa shape index (κ3) is 3.52. The number of rotatable bonds is 5. The summed E-state index contributed by atoms with van der Waals surface area (Å²) in [5.41, 5.74) is -0.833. The summed E-state index contributed by atoms with van der Waals surface area (Å²) in [6.07, 6.45) is 0.0892. The maximum atomic E-state index is 12.3. The van der Waals surface area contributed by atoms with Crippen molar-refractivity contribution in [2.24, 2.45) is 0 Å². The molecule has 1 fully saturated rings. The topological polar surface area (TPSA) is 178 Å². The predicted octanol–water partition coefficient (Wildman–Crippen LogP) is -0.667. The van der Waals surface area contributed by atoms with E-state index < -0.39 is 41.2 Å². The van der Waals surface area contributed by atoms with E-state index in [0.29, 0.717) is 5.69 Å². The van der Waals surface area contributed by atoms with Gasteiger partial charge in [-0.3, -0.25) is 24.5 Å². The molecular weight excluding hydrogens is 400 g/mol. The smallest absolute Gasteiger partial charge is 0.330 e. The minimum absolute atomic E-state index is 0.0355. The molecule has 0 radical (unpaired) electrons. The average molecular weight is 416 g/mol. The number of nitrogens with zero attached hydrogens (tertiary/aromatic N) is 5. The zero-order chi connectivity index (χ0) is 21.4. The summed E-state index contributed by atoms with van der Waals surface area (Å²) in [7, 11) is 0. The normalized spacial score (nSPS) is 21.1. The van der Waals surface area contributed by atoms with Crippen LogP contribution < -0.4 is 11.2 Å². The van der Waals surface area contributed by atoms with Crippen molar-refractivity contribution in [2.45, 2.75) is 24.9 Å². The number of nitro groups is 1. The lowest BCUT2D eigenvalue weighted by Crippen LogP contribution is -2.33. The summed E-state index contributed by atoms with van der Waals surface area (Å²) in [6, 6.07) is 5.57. The highest BCUT2D eigenvalue weighted by molar-refractivity contribution is 5.55. The number of H-pyrrole nitrogens is 1. The lowest BCUT2D eigenvalue weighted by molar-refractivity contribution is -0.384. The molecule has 4 rings (SSSR count). The Morgan fingerprint density at radius 3 is 2.63 bits per heavy atom. The molecule has 3 atom stereocenters. The molecule has 13 nitrogen and oxygen atoms in total. The molecule has 0 amide bonds. The van der Waals surface area contributed by atoms with Gasteiger partial charge in [0, 0.05) is 24.8 Å². The van der Waals surface area contributed by atoms with Crippen molar-refractivity contribution >= 4 is 5.69 Å². The van der Waals surface area contributed by atoms with Crippen LogP contribution in [-0.2, 0) is 4.74 Å². The molecule has 156 valence electrons. The molecule has 1 aliphatic heterocycles. The van der Waals surface area contributed by atoms with E-state index in [9.17, 15) is 29.9 Å². The summed E-state index contributed by atoms with van der Waals surface area (Å²) in [4.78, 5) is 36.9. The van der Waals surface area contributed by atoms with Crippen molar-refractivity contribution in [3.05, 3.63) is 67.6 Å². The number of non-ortho nitro benzene ring substituents is 1. The van der Waals surface area contributed by atoms with Crippen LogP contribution in [0.15, 0.2) is 46.2 Å². The first-order chi connectivity index (χ1) is 14.4. The Morgan fingerprint density at radius 2 is 2.00 bits per heavy atom. The number of hydrogen-bond acceptors (Lipinski definition) is 9. The molecule has 3 unspecified atom stereocenters. The molecule has 3 N–H and O–H groups in total. The largest absolute Gasteiger partial charge is 0.394 e. The number of aromatic nitrogens is 5. The van der Waals surface area contributed by atoms with E-state index in [-0.39, 0.29) is 23.4 Å². The third-order valence-electron chi connectivity index (χ3n) is 4.76. The van der Waals surface area contributed by atoms with Gasteiger partial charge >= 0.3 is 5.69 Å². The second kappa shape index (κ2) is 7.62. The molecule has 0 aliphatic carbocycles. The van der Waals surface area contributed by atoms with Crippen molar-refractivity contribution in [1.82, 2.24) is 24.5 Å². The first kappa shape index (κ1) is 19.6. The monoisotopic (exact) mass is 416 g/mol. The Hall–Kier alpha value is -3.68. The van der Waals surface area contributed by atoms with Crippen molar-refractivity contribution in [3.63, 3.8) is 0 Å². The maximum Gasteiger partial charge on any atom is 0.330 e. The lowest BCUT2D eigenvalue weighted by atomic mass is 10.2. The van der Waals surface area contributed by atoms with Crippen LogP contribution in [-0.4, -0.2) is 58.5 Å². The quantitative estimate of drug-likeness (QED) is 0.359. The molecule has 1 aromatic carbocycles. The van der Waals surface area contributed by atoms with Crippen LogP contribution in [0.4, 0.5) is 5.69 Å².